The van der Waals surface area contributed by atoms with Gasteiger partial charge in [-0.05, 0) is 49.1 Å². The smallest absolute Gasteiger partial charge is 0.392 e. The minimum absolute atomic E-state index is 0.0655. The van der Waals surface area contributed by atoms with Crippen molar-refractivity contribution < 1.29 is 42.4 Å². The van der Waals surface area contributed by atoms with Crippen LogP contribution in [-0.2, 0) is 32.2 Å². The molecule has 0 unspecified atom stereocenters. The second-order valence-corrected chi connectivity index (χ2v) is 12.5. The molecule has 2 amide bonds. The molecule has 0 radical (unpaired) electrons. The highest BCUT2D eigenvalue weighted by Gasteiger charge is 2.47. The fourth-order valence-corrected chi connectivity index (χ4v) is 6.24. The molecule has 2 aliphatic rings. The summed E-state index contributed by atoms with van der Waals surface area (Å²) in [5.41, 5.74) is 4.01. The number of carbonyl (C=O) groups is 2. The van der Waals surface area contributed by atoms with Crippen LogP contribution in [0.2, 0.25) is 0 Å². The fraction of sp³-hybridized carbons (Fsp3) is 0.444. The molecule has 6 atom stereocenters. The zero-order valence-electron chi connectivity index (χ0n) is 27.0. The maximum Gasteiger partial charge on any atom is 0.471 e. The van der Waals surface area contributed by atoms with Gasteiger partial charge in [-0.15, -0.1) is 0 Å². The molecular weight excluding hydrogens is 627 g/mol. The molecule has 0 spiro atoms. The average Bonchev–Trinajstić information content (AvgIpc) is 3.60. The molecule has 12 heteroatoms. The summed E-state index contributed by atoms with van der Waals surface area (Å²) < 4.78 is 51.8. The number of hydrogen-bond acceptors (Lipinski definition) is 7. The van der Waals surface area contributed by atoms with Crippen LogP contribution >= 0.6 is 0 Å². The topological polar surface area (TPSA) is 112 Å². The number of nitrogens with one attached hydrogen (secondary N) is 1. The van der Waals surface area contributed by atoms with E-state index in [9.17, 15) is 33.0 Å². The molecule has 0 aliphatic carbocycles. The second-order valence-electron chi connectivity index (χ2n) is 12.5. The Labute approximate surface area is 278 Å². The summed E-state index contributed by atoms with van der Waals surface area (Å²) in [6, 6.07) is 22.9. The number of amides is 2. The lowest BCUT2D eigenvalue weighted by Crippen LogP contribution is -2.50. The van der Waals surface area contributed by atoms with Crippen LogP contribution in [0.5, 0.6) is 0 Å². The van der Waals surface area contributed by atoms with E-state index in [0.717, 1.165) is 22.3 Å². The molecule has 3 N–H and O–H groups in total. The summed E-state index contributed by atoms with van der Waals surface area (Å²) >= 11 is 0. The first-order valence-corrected chi connectivity index (χ1v) is 16.1. The molecule has 2 aliphatic heterocycles. The van der Waals surface area contributed by atoms with Gasteiger partial charge in [-0.1, -0.05) is 78.9 Å². The maximum atomic E-state index is 13.0. The van der Waals surface area contributed by atoms with E-state index in [2.05, 4.69) is 10.2 Å². The first-order valence-electron chi connectivity index (χ1n) is 16.1. The number of alkyl halides is 3. The molecule has 3 aromatic rings. The van der Waals surface area contributed by atoms with E-state index in [1.54, 1.807) is 12.1 Å². The summed E-state index contributed by atoms with van der Waals surface area (Å²) in [4.78, 5) is 27.2. The van der Waals surface area contributed by atoms with Crippen LogP contribution in [-0.4, -0.2) is 76.3 Å². The maximum absolute atomic E-state index is 13.0. The van der Waals surface area contributed by atoms with Gasteiger partial charge in [0.2, 0.25) is 5.91 Å². The summed E-state index contributed by atoms with van der Waals surface area (Å²) in [7, 11) is 1.95. The van der Waals surface area contributed by atoms with Crippen LogP contribution in [0.25, 0.3) is 0 Å². The Bertz CT molecular complexity index is 1510. The van der Waals surface area contributed by atoms with Crippen LogP contribution in [0.1, 0.15) is 72.5 Å². The Balaban J connectivity index is 1.25. The third kappa shape index (κ3) is 8.61. The quantitative estimate of drug-likeness (QED) is 0.265. The number of nitrogens with zero attached hydrogens (tertiary/aromatic N) is 2. The number of likely N-dealkylation sites (tertiary alicyclic amines) is 1. The Morgan fingerprint density at radius 3 is 2.27 bits per heavy atom. The van der Waals surface area contributed by atoms with Crippen LogP contribution in [0.3, 0.4) is 0 Å². The van der Waals surface area contributed by atoms with Crippen molar-refractivity contribution >= 4 is 11.8 Å². The lowest BCUT2D eigenvalue weighted by atomic mass is 9.98. The minimum atomic E-state index is -5.03. The van der Waals surface area contributed by atoms with Gasteiger partial charge in [0.05, 0.1) is 24.9 Å². The molecule has 9 nitrogen and oxygen atoms in total. The number of aliphatic hydroxyl groups excluding tert-OH is 2. The van der Waals surface area contributed by atoms with Gasteiger partial charge < -0.3 is 29.9 Å². The van der Waals surface area contributed by atoms with E-state index in [1.807, 2.05) is 80.7 Å². The highest BCUT2D eigenvalue weighted by molar-refractivity contribution is 5.90. The van der Waals surface area contributed by atoms with Crippen molar-refractivity contribution in [2.75, 3.05) is 20.1 Å². The number of rotatable bonds is 11. The Kier molecular flexibility index (Phi) is 11.5. The summed E-state index contributed by atoms with van der Waals surface area (Å²) in [6.07, 6.45) is -5.95. The zero-order valence-corrected chi connectivity index (χ0v) is 27.0. The molecule has 0 saturated carbocycles. The van der Waals surface area contributed by atoms with Crippen molar-refractivity contribution in [1.82, 2.24) is 15.1 Å². The Morgan fingerprint density at radius 2 is 1.62 bits per heavy atom. The van der Waals surface area contributed by atoms with Gasteiger partial charge >= 0.3 is 12.1 Å². The summed E-state index contributed by atoms with van der Waals surface area (Å²) in [5, 5.41) is 23.2. The predicted molar refractivity (Wildman–Crippen MR) is 171 cm³/mol. The van der Waals surface area contributed by atoms with Crippen molar-refractivity contribution in [3.05, 3.63) is 107 Å². The highest BCUT2D eigenvalue weighted by Crippen LogP contribution is 2.38. The molecular formula is C36H42F3N3O6. The van der Waals surface area contributed by atoms with Gasteiger partial charge in [0.15, 0.2) is 6.29 Å². The van der Waals surface area contributed by atoms with Crippen molar-refractivity contribution in [2.45, 2.75) is 82.2 Å². The molecule has 258 valence electrons. The summed E-state index contributed by atoms with van der Waals surface area (Å²) in [5.74, 6) is -2.62. The van der Waals surface area contributed by atoms with Crippen molar-refractivity contribution in [1.29, 1.82) is 0 Å². The van der Waals surface area contributed by atoms with Gasteiger partial charge in [0.25, 0.3) is 0 Å². The van der Waals surface area contributed by atoms with Gasteiger partial charge in [0.1, 0.15) is 6.04 Å². The molecule has 2 fully saturated rings. The standard InChI is InChI=1S/C36H42F3N3O6/c1-23(32(44)27-7-4-3-5-8-27)41(2)21-29-19-31(26-14-12-25(22-43)13-15-26)48-34(47-29)28-16-10-24(11-17-28)20-40-33(45)30-9-6-18-42(30)35(46)36(37,38)39/h3-5,7-8,10-17,23,29-32,34,43-44H,6,9,18-22H2,1-2H3,(H,40,45)/t23-,29-,30+,31+,32-,34+/m1/s1. The molecule has 2 heterocycles. The van der Waals surface area contributed by atoms with Crippen molar-refractivity contribution in [2.24, 2.45) is 0 Å². The predicted octanol–water partition coefficient (Wildman–Crippen LogP) is 4.95. The minimum Gasteiger partial charge on any atom is -0.392 e. The lowest BCUT2D eigenvalue weighted by molar-refractivity contribution is -0.253. The van der Waals surface area contributed by atoms with Crippen molar-refractivity contribution in [3.8, 4) is 0 Å². The molecule has 2 saturated heterocycles. The molecule has 0 bridgehead atoms. The van der Waals surface area contributed by atoms with E-state index in [4.69, 9.17) is 9.47 Å². The van der Waals surface area contributed by atoms with E-state index in [1.165, 1.54) is 0 Å². The lowest BCUT2D eigenvalue weighted by Gasteiger charge is -2.39. The van der Waals surface area contributed by atoms with Crippen molar-refractivity contribution in [3.63, 3.8) is 0 Å². The zero-order chi connectivity index (χ0) is 34.4. The van der Waals surface area contributed by atoms with E-state index in [-0.39, 0.29) is 44.4 Å². The van der Waals surface area contributed by atoms with Gasteiger partial charge in [-0.25, -0.2) is 0 Å². The van der Waals surface area contributed by atoms with Crippen LogP contribution in [0, 0.1) is 0 Å². The van der Waals surface area contributed by atoms with Crippen LogP contribution in [0.4, 0.5) is 13.2 Å². The first-order chi connectivity index (χ1) is 22.9. The average molecular weight is 670 g/mol. The molecule has 3 aromatic carbocycles. The summed E-state index contributed by atoms with van der Waals surface area (Å²) in [6.45, 7) is 2.39. The number of carbonyl (C=O) groups excluding carboxylic acids is 2. The Morgan fingerprint density at radius 1 is 0.979 bits per heavy atom. The number of benzene rings is 3. The number of halogens is 3. The SMILES string of the molecule is C[C@H]([C@@H](O)c1ccccc1)N(C)C[C@H]1C[C@@H](c2ccc(CO)cc2)O[C@@H](c2ccc(CNC(=O)[C@@H]3CCCN3C(=O)C(F)(F)F)cc2)O1. The van der Waals surface area contributed by atoms with Gasteiger partial charge in [-0.2, -0.15) is 13.2 Å². The van der Waals surface area contributed by atoms with E-state index in [0.29, 0.717) is 29.8 Å². The number of ether oxygens (including phenoxy) is 2. The monoisotopic (exact) mass is 669 g/mol. The fourth-order valence-electron chi connectivity index (χ4n) is 6.24. The molecule has 5 rings (SSSR count). The number of likely N-dealkylation sites (N-methyl/N-ethyl adjacent to an activating group) is 1. The number of hydrogen-bond donors (Lipinski definition) is 3. The Hall–Kier alpha value is -3.81. The molecule has 48 heavy (non-hydrogen) atoms. The van der Waals surface area contributed by atoms with Gasteiger partial charge in [-0.3, -0.25) is 14.5 Å². The van der Waals surface area contributed by atoms with Crippen LogP contribution in [0.15, 0.2) is 78.9 Å². The third-order valence-corrected chi connectivity index (χ3v) is 9.18. The van der Waals surface area contributed by atoms with Crippen LogP contribution < -0.4 is 5.32 Å². The third-order valence-electron chi connectivity index (χ3n) is 9.18. The van der Waals surface area contributed by atoms with E-state index < -0.39 is 36.4 Å². The van der Waals surface area contributed by atoms with Gasteiger partial charge in [0, 0.05) is 37.7 Å². The highest BCUT2D eigenvalue weighted by atomic mass is 19.4. The first kappa shape index (κ1) is 35.5. The number of aliphatic hydroxyl groups is 2. The second kappa shape index (κ2) is 15.6. The normalized spacial score (nSPS) is 22.8. The molecule has 0 aromatic heterocycles. The van der Waals surface area contributed by atoms with E-state index >= 15 is 0 Å². The largest absolute Gasteiger partial charge is 0.471 e.